The van der Waals surface area contributed by atoms with E-state index in [9.17, 15) is 4.79 Å². The molecular weight excluding hydrogens is 262 g/mol. The van der Waals surface area contributed by atoms with Crippen molar-refractivity contribution in [1.82, 2.24) is 4.90 Å². The molecular formula is C14H13NO3S. The second kappa shape index (κ2) is 6.23. The molecule has 5 heteroatoms. The summed E-state index contributed by atoms with van der Waals surface area (Å²) in [6, 6.07) is 3.57. The van der Waals surface area contributed by atoms with Crippen molar-refractivity contribution in [2.24, 2.45) is 0 Å². The highest BCUT2D eigenvalue weighted by Gasteiger charge is 2.13. The molecule has 0 atom stereocenters. The van der Waals surface area contributed by atoms with E-state index in [2.05, 4.69) is 11.8 Å². The SMILES string of the molecule is CN(Cc1cc(C#CCO)cs1)C(=O)c1ccoc1. The fourth-order valence-corrected chi connectivity index (χ4v) is 2.45. The average molecular weight is 275 g/mol. The highest BCUT2D eigenvalue weighted by Crippen LogP contribution is 2.17. The van der Waals surface area contributed by atoms with Crippen LogP contribution in [0.4, 0.5) is 0 Å². The Kier molecular flexibility index (Phi) is 4.39. The van der Waals surface area contributed by atoms with Crippen LogP contribution in [0.2, 0.25) is 0 Å². The maximum Gasteiger partial charge on any atom is 0.257 e. The third kappa shape index (κ3) is 3.47. The van der Waals surface area contributed by atoms with Crippen molar-refractivity contribution in [3.63, 3.8) is 0 Å². The van der Waals surface area contributed by atoms with Crippen LogP contribution in [0.3, 0.4) is 0 Å². The molecule has 2 aromatic heterocycles. The van der Waals surface area contributed by atoms with Gasteiger partial charge in [-0.15, -0.1) is 11.3 Å². The summed E-state index contributed by atoms with van der Waals surface area (Å²) >= 11 is 1.54. The Morgan fingerprint density at radius 2 is 2.42 bits per heavy atom. The van der Waals surface area contributed by atoms with Gasteiger partial charge in [-0.1, -0.05) is 11.8 Å². The van der Waals surface area contributed by atoms with Crippen LogP contribution in [0.25, 0.3) is 0 Å². The second-order valence-electron chi connectivity index (χ2n) is 3.93. The van der Waals surface area contributed by atoms with Gasteiger partial charge in [0.1, 0.15) is 12.9 Å². The molecule has 19 heavy (non-hydrogen) atoms. The number of nitrogens with zero attached hydrogens (tertiary/aromatic N) is 1. The maximum absolute atomic E-state index is 12.0. The highest BCUT2D eigenvalue weighted by atomic mass is 32.1. The van der Waals surface area contributed by atoms with Gasteiger partial charge in [-0.3, -0.25) is 4.79 Å². The molecule has 0 aliphatic heterocycles. The van der Waals surface area contributed by atoms with Gasteiger partial charge in [0.05, 0.1) is 18.4 Å². The van der Waals surface area contributed by atoms with E-state index < -0.39 is 0 Å². The summed E-state index contributed by atoms with van der Waals surface area (Å²) < 4.78 is 4.90. The van der Waals surface area contributed by atoms with Gasteiger partial charge in [0.2, 0.25) is 0 Å². The molecule has 0 saturated heterocycles. The van der Waals surface area contributed by atoms with Crippen LogP contribution in [-0.2, 0) is 6.54 Å². The lowest BCUT2D eigenvalue weighted by atomic mass is 10.2. The lowest BCUT2D eigenvalue weighted by molar-refractivity contribution is 0.0785. The zero-order chi connectivity index (χ0) is 13.7. The number of hydrogen-bond acceptors (Lipinski definition) is 4. The van der Waals surface area contributed by atoms with Gasteiger partial charge < -0.3 is 14.4 Å². The number of carbonyl (C=O) groups excluding carboxylic acids is 1. The number of rotatable bonds is 3. The van der Waals surface area contributed by atoms with Crippen molar-refractivity contribution in [3.05, 3.63) is 46.0 Å². The summed E-state index contributed by atoms with van der Waals surface area (Å²) in [5.74, 6) is 5.35. The quantitative estimate of drug-likeness (QED) is 0.871. The van der Waals surface area contributed by atoms with Crippen LogP contribution < -0.4 is 0 Å². The first kappa shape index (κ1) is 13.4. The van der Waals surface area contributed by atoms with Crippen LogP contribution in [0.5, 0.6) is 0 Å². The van der Waals surface area contributed by atoms with Gasteiger partial charge in [0.15, 0.2) is 0 Å². The van der Waals surface area contributed by atoms with Gasteiger partial charge in [-0.2, -0.15) is 0 Å². The Bertz CT molecular complexity index is 604. The Labute approximate surface area is 115 Å². The van der Waals surface area contributed by atoms with Crippen molar-refractivity contribution in [3.8, 4) is 11.8 Å². The van der Waals surface area contributed by atoms with E-state index in [4.69, 9.17) is 9.52 Å². The van der Waals surface area contributed by atoms with Crippen molar-refractivity contribution in [2.45, 2.75) is 6.54 Å². The summed E-state index contributed by atoms with van der Waals surface area (Å²) in [6.45, 7) is 0.375. The Hall–Kier alpha value is -2.03. The molecule has 2 rings (SSSR count). The smallest absolute Gasteiger partial charge is 0.257 e. The van der Waals surface area contributed by atoms with Crippen LogP contribution >= 0.6 is 11.3 Å². The van der Waals surface area contributed by atoms with Crippen LogP contribution in [0, 0.1) is 11.8 Å². The van der Waals surface area contributed by atoms with E-state index in [-0.39, 0.29) is 12.5 Å². The third-order valence-electron chi connectivity index (χ3n) is 2.47. The lowest BCUT2D eigenvalue weighted by Gasteiger charge is -2.14. The first-order valence-electron chi connectivity index (χ1n) is 5.65. The summed E-state index contributed by atoms with van der Waals surface area (Å²) in [7, 11) is 1.74. The molecule has 0 spiro atoms. The first-order chi connectivity index (χ1) is 9.20. The van der Waals surface area contributed by atoms with E-state index in [1.54, 1.807) is 29.4 Å². The summed E-state index contributed by atoms with van der Waals surface area (Å²) in [5, 5.41) is 10.5. The molecule has 0 aliphatic carbocycles. The van der Waals surface area contributed by atoms with Gasteiger partial charge >= 0.3 is 0 Å². The minimum atomic E-state index is -0.149. The van der Waals surface area contributed by atoms with E-state index in [0.29, 0.717) is 12.1 Å². The Morgan fingerprint density at radius 1 is 1.58 bits per heavy atom. The minimum absolute atomic E-state index is 0.0786. The molecule has 0 bridgehead atoms. The van der Waals surface area contributed by atoms with Crippen molar-refractivity contribution < 1.29 is 14.3 Å². The molecule has 2 heterocycles. The van der Waals surface area contributed by atoms with Gasteiger partial charge in [0, 0.05) is 22.9 Å². The molecule has 2 aromatic rings. The number of amides is 1. The molecule has 98 valence electrons. The minimum Gasteiger partial charge on any atom is -0.472 e. The van der Waals surface area contributed by atoms with Gasteiger partial charge in [-0.25, -0.2) is 0 Å². The molecule has 0 radical (unpaired) electrons. The van der Waals surface area contributed by atoms with Crippen molar-refractivity contribution in [1.29, 1.82) is 0 Å². The summed E-state index contributed by atoms with van der Waals surface area (Å²) in [4.78, 5) is 14.7. The topological polar surface area (TPSA) is 53.7 Å². The van der Waals surface area contributed by atoms with Crippen LogP contribution in [0.15, 0.2) is 34.5 Å². The fourth-order valence-electron chi connectivity index (χ4n) is 1.58. The second-order valence-corrected chi connectivity index (χ2v) is 4.93. The predicted molar refractivity (Wildman–Crippen MR) is 72.8 cm³/mol. The standard InChI is InChI=1S/C14H13NO3S/c1-15(14(17)12-4-6-18-9-12)8-13-7-11(10-19-13)3-2-5-16/h4,6-7,9-10,16H,5,8H2,1H3. The van der Waals surface area contributed by atoms with Gasteiger partial charge in [0.25, 0.3) is 5.91 Å². The monoisotopic (exact) mass is 275 g/mol. The summed E-state index contributed by atoms with van der Waals surface area (Å²) in [6.07, 6.45) is 2.92. The number of thiophene rings is 1. The van der Waals surface area contributed by atoms with E-state index in [1.165, 1.54) is 12.5 Å². The number of furan rings is 1. The fraction of sp³-hybridized carbons (Fsp3) is 0.214. The largest absolute Gasteiger partial charge is 0.472 e. The lowest BCUT2D eigenvalue weighted by Crippen LogP contribution is -2.25. The molecule has 1 amide bonds. The molecule has 1 N–H and O–H groups in total. The molecule has 0 unspecified atom stereocenters. The first-order valence-corrected chi connectivity index (χ1v) is 6.53. The van der Waals surface area contributed by atoms with Crippen LogP contribution in [-0.4, -0.2) is 29.6 Å². The number of hydrogen-bond donors (Lipinski definition) is 1. The Balaban J connectivity index is 2.01. The molecule has 4 nitrogen and oxygen atoms in total. The maximum atomic E-state index is 12.0. The molecule has 0 fully saturated rings. The summed E-state index contributed by atoms with van der Waals surface area (Å²) in [5.41, 5.74) is 1.40. The van der Waals surface area contributed by atoms with Crippen molar-refractivity contribution >= 4 is 17.2 Å². The van der Waals surface area contributed by atoms with E-state index in [0.717, 1.165) is 10.4 Å². The zero-order valence-corrected chi connectivity index (χ0v) is 11.2. The number of aliphatic hydroxyl groups is 1. The average Bonchev–Trinajstić information content (AvgIpc) is 3.06. The normalized spacial score (nSPS) is 9.79. The predicted octanol–water partition coefficient (Wildman–Crippen LogP) is 1.96. The number of carbonyl (C=O) groups is 1. The van der Waals surface area contributed by atoms with Gasteiger partial charge in [-0.05, 0) is 12.1 Å². The zero-order valence-electron chi connectivity index (χ0n) is 10.4. The van der Waals surface area contributed by atoms with Crippen molar-refractivity contribution in [2.75, 3.05) is 13.7 Å². The highest BCUT2D eigenvalue weighted by molar-refractivity contribution is 7.10. The van der Waals surface area contributed by atoms with Crippen LogP contribution in [0.1, 0.15) is 20.8 Å². The Morgan fingerprint density at radius 3 is 3.11 bits per heavy atom. The van der Waals surface area contributed by atoms with E-state index >= 15 is 0 Å². The molecule has 0 saturated carbocycles. The number of aliphatic hydroxyl groups excluding tert-OH is 1. The third-order valence-corrected chi connectivity index (χ3v) is 3.39. The molecule has 0 aromatic carbocycles. The van der Waals surface area contributed by atoms with E-state index in [1.807, 2.05) is 11.4 Å². The molecule has 0 aliphatic rings.